The molecule has 0 bridgehead atoms. The highest BCUT2D eigenvalue weighted by Gasteiger charge is 1.98. The van der Waals surface area contributed by atoms with Crippen LogP contribution in [0.5, 0.6) is 0 Å². The summed E-state index contributed by atoms with van der Waals surface area (Å²) in [5.74, 6) is 0.718. The number of benzene rings is 1. The Bertz CT molecular complexity index is 330. The molecular formula is C17H29NO. The van der Waals surface area contributed by atoms with Crippen LogP contribution in [0.15, 0.2) is 24.3 Å². The van der Waals surface area contributed by atoms with Gasteiger partial charge in [0.1, 0.15) is 0 Å². The molecule has 1 N–H and O–H groups in total. The Morgan fingerprint density at radius 1 is 1.00 bits per heavy atom. The highest BCUT2D eigenvalue weighted by atomic mass is 16.5. The van der Waals surface area contributed by atoms with Crippen molar-refractivity contribution in [2.24, 2.45) is 5.92 Å². The Morgan fingerprint density at radius 2 is 1.63 bits per heavy atom. The molecule has 2 nitrogen and oxygen atoms in total. The van der Waals surface area contributed by atoms with Gasteiger partial charge < -0.3 is 10.1 Å². The maximum absolute atomic E-state index is 5.67. The molecule has 0 fully saturated rings. The largest absolute Gasteiger partial charge is 0.377 e. The van der Waals surface area contributed by atoms with Crippen LogP contribution >= 0.6 is 0 Å². The van der Waals surface area contributed by atoms with E-state index in [4.69, 9.17) is 4.74 Å². The van der Waals surface area contributed by atoms with Crippen LogP contribution in [0.2, 0.25) is 0 Å². The van der Waals surface area contributed by atoms with E-state index in [2.05, 4.69) is 57.3 Å². The molecule has 0 saturated heterocycles. The molecule has 0 aliphatic carbocycles. The standard InChI is InChI=1S/C17H29NO/c1-14(2)10-12-19-13-17-7-5-16(6-8-17)9-11-18-15(3)4/h5-8,14-15,18H,9-13H2,1-4H3. The number of ether oxygens (including phenoxy) is 1. The van der Waals surface area contributed by atoms with E-state index in [1.54, 1.807) is 0 Å². The van der Waals surface area contributed by atoms with Gasteiger partial charge in [-0.2, -0.15) is 0 Å². The van der Waals surface area contributed by atoms with Gasteiger partial charge in [-0.1, -0.05) is 52.0 Å². The lowest BCUT2D eigenvalue weighted by atomic mass is 10.1. The van der Waals surface area contributed by atoms with Crippen LogP contribution in [0, 0.1) is 5.92 Å². The third kappa shape index (κ3) is 8.02. The van der Waals surface area contributed by atoms with Crippen LogP contribution in [0.25, 0.3) is 0 Å². The molecule has 2 heteroatoms. The molecule has 0 radical (unpaired) electrons. The topological polar surface area (TPSA) is 21.3 Å². The Labute approximate surface area is 118 Å². The van der Waals surface area contributed by atoms with Crippen LogP contribution in [0.4, 0.5) is 0 Å². The summed E-state index contributed by atoms with van der Waals surface area (Å²) in [6.45, 7) is 11.4. The van der Waals surface area contributed by atoms with Gasteiger partial charge in [0, 0.05) is 12.6 Å². The number of rotatable bonds is 9. The Hall–Kier alpha value is -0.860. The highest BCUT2D eigenvalue weighted by Crippen LogP contribution is 2.07. The molecule has 19 heavy (non-hydrogen) atoms. The minimum atomic E-state index is 0.564. The lowest BCUT2D eigenvalue weighted by Crippen LogP contribution is -2.24. The van der Waals surface area contributed by atoms with Crippen molar-refractivity contribution in [3.05, 3.63) is 35.4 Å². The van der Waals surface area contributed by atoms with Crippen molar-refractivity contribution in [3.8, 4) is 0 Å². The van der Waals surface area contributed by atoms with E-state index in [1.807, 2.05) is 0 Å². The van der Waals surface area contributed by atoms with Gasteiger partial charge in [-0.15, -0.1) is 0 Å². The highest BCUT2D eigenvalue weighted by molar-refractivity contribution is 5.22. The molecule has 0 amide bonds. The Balaban J connectivity index is 2.23. The SMILES string of the molecule is CC(C)CCOCc1ccc(CCNC(C)C)cc1. The van der Waals surface area contributed by atoms with Gasteiger partial charge in [-0.05, 0) is 36.4 Å². The third-order valence-electron chi connectivity index (χ3n) is 3.10. The zero-order chi connectivity index (χ0) is 14.1. The van der Waals surface area contributed by atoms with Crippen molar-refractivity contribution < 1.29 is 4.74 Å². The Kier molecular flexibility index (Phi) is 7.76. The summed E-state index contributed by atoms with van der Waals surface area (Å²) in [5, 5.41) is 3.44. The number of hydrogen-bond acceptors (Lipinski definition) is 2. The lowest BCUT2D eigenvalue weighted by molar-refractivity contribution is 0.110. The van der Waals surface area contributed by atoms with E-state index >= 15 is 0 Å². The molecule has 0 saturated carbocycles. The minimum absolute atomic E-state index is 0.564. The minimum Gasteiger partial charge on any atom is -0.377 e. The van der Waals surface area contributed by atoms with Crippen molar-refractivity contribution in [1.29, 1.82) is 0 Å². The predicted molar refractivity (Wildman–Crippen MR) is 82.4 cm³/mol. The molecule has 0 heterocycles. The van der Waals surface area contributed by atoms with E-state index < -0.39 is 0 Å². The van der Waals surface area contributed by atoms with Crippen molar-refractivity contribution in [3.63, 3.8) is 0 Å². The monoisotopic (exact) mass is 263 g/mol. The van der Waals surface area contributed by atoms with Crippen molar-refractivity contribution in [1.82, 2.24) is 5.32 Å². The second-order valence-electron chi connectivity index (χ2n) is 5.91. The summed E-state index contributed by atoms with van der Waals surface area (Å²) >= 11 is 0. The summed E-state index contributed by atoms with van der Waals surface area (Å²) in [5.41, 5.74) is 2.66. The van der Waals surface area contributed by atoms with E-state index in [0.29, 0.717) is 6.04 Å². The summed E-state index contributed by atoms with van der Waals surface area (Å²) in [4.78, 5) is 0. The van der Waals surface area contributed by atoms with Crippen LogP contribution in [0.3, 0.4) is 0 Å². The quantitative estimate of drug-likeness (QED) is 0.684. The molecule has 0 unspecified atom stereocenters. The molecule has 0 aliphatic heterocycles. The smallest absolute Gasteiger partial charge is 0.0716 e. The summed E-state index contributed by atoms with van der Waals surface area (Å²) in [6.07, 6.45) is 2.23. The van der Waals surface area contributed by atoms with Gasteiger partial charge in [-0.3, -0.25) is 0 Å². The van der Waals surface area contributed by atoms with Gasteiger partial charge in [0.15, 0.2) is 0 Å². The normalized spacial score (nSPS) is 11.5. The average molecular weight is 263 g/mol. The van der Waals surface area contributed by atoms with Crippen molar-refractivity contribution in [2.45, 2.75) is 53.2 Å². The van der Waals surface area contributed by atoms with E-state index in [-0.39, 0.29) is 0 Å². The van der Waals surface area contributed by atoms with Gasteiger partial charge in [0.05, 0.1) is 6.61 Å². The maximum Gasteiger partial charge on any atom is 0.0716 e. The molecular weight excluding hydrogens is 234 g/mol. The lowest BCUT2D eigenvalue weighted by Gasteiger charge is -2.09. The number of nitrogens with one attached hydrogen (secondary N) is 1. The fourth-order valence-corrected chi connectivity index (χ4v) is 1.82. The first kappa shape index (κ1) is 16.2. The van der Waals surface area contributed by atoms with Gasteiger partial charge >= 0.3 is 0 Å². The molecule has 0 spiro atoms. The molecule has 0 aromatic heterocycles. The summed E-state index contributed by atoms with van der Waals surface area (Å²) in [7, 11) is 0. The van der Waals surface area contributed by atoms with E-state index in [1.165, 1.54) is 11.1 Å². The maximum atomic E-state index is 5.67. The Morgan fingerprint density at radius 3 is 2.21 bits per heavy atom. The van der Waals surface area contributed by atoms with Crippen LogP contribution in [0.1, 0.15) is 45.2 Å². The molecule has 0 atom stereocenters. The fourth-order valence-electron chi connectivity index (χ4n) is 1.82. The second-order valence-corrected chi connectivity index (χ2v) is 5.91. The summed E-state index contributed by atoms with van der Waals surface area (Å²) < 4.78 is 5.67. The third-order valence-corrected chi connectivity index (χ3v) is 3.10. The van der Waals surface area contributed by atoms with Crippen LogP contribution in [-0.4, -0.2) is 19.2 Å². The first-order valence-electron chi connectivity index (χ1n) is 7.47. The summed E-state index contributed by atoms with van der Waals surface area (Å²) in [6, 6.07) is 9.35. The zero-order valence-electron chi connectivity index (χ0n) is 12.9. The molecule has 1 aromatic carbocycles. The zero-order valence-corrected chi connectivity index (χ0v) is 12.9. The van der Waals surface area contributed by atoms with E-state index in [0.717, 1.165) is 38.5 Å². The second kappa shape index (κ2) is 9.11. The predicted octanol–water partition coefficient (Wildman–Crippen LogP) is 3.79. The van der Waals surface area contributed by atoms with Gasteiger partial charge in [0.2, 0.25) is 0 Å². The number of hydrogen-bond donors (Lipinski definition) is 1. The van der Waals surface area contributed by atoms with Crippen molar-refractivity contribution in [2.75, 3.05) is 13.2 Å². The van der Waals surface area contributed by atoms with Gasteiger partial charge in [-0.25, -0.2) is 0 Å². The van der Waals surface area contributed by atoms with Gasteiger partial charge in [0.25, 0.3) is 0 Å². The first-order chi connectivity index (χ1) is 9.08. The first-order valence-corrected chi connectivity index (χ1v) is 7.47. The van der Waals surface area contributed by atoms with Crippen LogP contribution in [-0.2, 0) is 17.8 Å². The van der Waals surface area contributed by atoms with E-state index in [9.17, 15) is 0 Å². The molecule has 0 aliphatic rings. The molecule has 1 aromatic rings. The fraction of sp³-hybridized carbons (Fsp3) is 0.647. The molecule has 1 rings (SSSR count). The van der Waals surface area contributed by atoms with Crippen LogP contribution < -0.4 is 5.32 Å². The molecule has 108 valence electrons. The van der Waals surface area contributed by atoms with Crippen molar-refractivity contribution >= 4 is 0 Å². The average Bonchev–Trinajstić information content (AvgIpc) is 2.36.